The summed E-state index contributed by atoms with van der Waals surface area (Å²) < 4.78 is 5.89. The molecule has 1 aliphatic carbocycles. The molecule has 2 rings (SSSR count). The van der Waals surface area contributed by atoms with Crippen LogP contribution in [0.2, 0.25) is 0 Å². The first-order chi connectivity index (χ1) is 9.20. The Morgan fingerprint density at radius 3 is 2.68 bits per heavy atom. The Bertz CT molecular complexity index is 403. The van der Waals surface area contributed by atoms with Crippen LogP contribution in [0.4, 0.5) is 0 Å². The number of hydrogen-bond donors (Lipinski definition) is 0. The molecular weight excluding hydrogens is 260 g/mol. The van der Waals surface area contributed by atoms with Crippen molar-refractivity contribution in [2.24, 2.45) is 5.92 Å². The van der Waals surface area contributed by atoms with Crippen molar-refractivity contribution in [1.29, 1.82) is 0 Å². The number of alkyl halides is 1. The van der Waals surface area contributed by atoms with Gasteiger partial charge >= 0.3 is 0 Å². The average Bonchev–Trinajstić information content (AvgIpc) is 2.45. The van der Waals surface area contributed by atoms with Gasteiger partial charge in [-0.25, -0.2) is 9.97 Å². The standard InChI is InChI=1S/C15H23ClN2O/c1-11(2)15-17-9-14(13(8-16)18-15)19-10-12-6-4-3-5-7-12/h9,11-12H,3-8,10H2,1-2H3. The van der Waals surface area contributed by atoms with Gasteiger partial charge in [-0.15, -0.1) is 11.6 Å². The maximum absolute atomic E-state index is 5.96. The number of aromatic nitrogens is 2. The van der Waals surface area contributed by atoms with E-state index in [0.717, 1.165) is 23.9 Å². The summed E-state index contributed by atoms with van der Waals surface area (Å²) in [6.07, 6.45) is 8.37. The Morgan fingerprint density at radius 2 is 2.05 bits per heavy atom. The third kappa shape index (κ3) is 4.07. The molecule has 0 atom stereocenters. The normalized spacial score (nSPS) is 16.8. The second kappa shape index (κ2) is 7.09. The van der Waals surface area contributed by atoms with Gasteiger partial charge in [-0.05, 0) is 18.8 Å². The number of halogens is 1. The van der Waals surface area contributed by atoms with Gasteiger partial charge in [0.2, 0.25) is 0 Å². The van der Waals surface area contributed by atoms with Crippen LogP contribution in [0.3, 0.4) is 0 Å². The van der Waals surface area contributed by atoms with E-state index in [1.165, 1.54) is 32.1 Å². The largest absolute Gasteiger partial charge is 0.490 e. The minimum absolute atomic E-state index is 0.314. The summed E-state index contributed by atoms with van der Waals surface area (Å²) in [5.41, 5.74) is 0.816. The first-order valence-corrected chi connectivity index (χ1v) is 7.78. The summed E-state index contributed by atoms with van der Waals surface area (Å²) in [6.45, 7) is 4.93. The lowest BCUT2D eigenvalue weighted by atomic mass is 9.90. The average molecular weight is 283 g/mol. The molecule has 0 aromatic carbocycles. The second-order valence-electron chi connectivity index (χ2n) is 5.64. The van der Waals surface area contributed by atoms with Crippen molar-refractivity contribution in [3.63, 3.8) is 0 Å². The van der Waals surface area contributed by atoms with Crippen molar-refractivity contribution in [3.05, 3.63) is 17.7 Å². The van der Waals surface area contributed by atoms with E-state index in [9.17, 15) is 0 Å². The van der Waals surface area contributed by atoms with E-state index < -0.39 is 0 Å². The SMILES string of the molecule is CC(C)c1ncc(OCC2CCCCC2)c(CCl)n1. The molecule has 0 N–H and O–H groups in total. The third-order valence-electron chi connectivity index (χ3n) is 3.69. The van der Waals surface area contributed by atoms with Crippen LogP contribution in [0, 0.1) is 5.92 Å². The molecule has 106 valence electrons. The summed E-state index contributed by atoms with van der Waals surface area (Å²) in [5.74, 6) is 2.96. The number of nitrogens with zero attached hydrogens (tertiary/aromatic N) is 2. The molecule has 4 heteroatoms. The Morgan fingerprint density at radius 1 is 1.32 bits per heavy atom. The van der Waals surface area contributed by atoms with Gasteiger partial charge in [-0.3, -0.25) is 0 Å². The predicted molar refractivity (Wildman–Crippen MR) is 77.7 cm³/mol. The third-order valence-corrected chi connectivity index (χ3v) is 3.94. The molecular formula is C15H23ClN2O. The molecule has 0 saturated heterocycles. The zero-order valence-electron chi connectivity index (χ0n) is 11.9. The molecule has 3 nitrogen and oxygen atoms in total. The minimum Gasteiger partial charge on any atom is -0.490 e. The quantitative estimate of drug-likeness (QED) is 0.755. The first kappa shape index (κ1) is 14.6. The Balaban J connectivity index is 1.98. The van der Waals surface area contributed by atoms with Crippen molar-refractivity contribution >= 4 is 11.6 Å². The smallest absolute Gasteiger partial charge is 0.160 e. The maximum Gasteiger partial charge on any atom is 0.160 e. The monoisotopic (exact) mass is 282 g/mol. The van der Waals surface area contributed by atoms with Gasteiger partial charge in [0.05, 0.1) is 18.7 Å². The molecule has 0 spiro atoms. The molecule has 1 saturated carbocycles. The Labute approximate surface area is 120 Å². The molecule has 0 aliphatic heterocycles. The van der Waals surface area contributed by atoms with E-state index in [1.54, 1.807) is 6.20 Å². The van der Waals surface area contributed by atoms with Gasteiger partial charge in [0.25, 0.3) is 0 Å². The molecule has 19 heavy (non-hydrogen) atoms. The highest BCUT2D eigenvalue weighted by Gasteiger charge is 2.16. The van der Waals surface area contributed by atoms with Gasteiger partial charge in [0.15, 0.2) is 5.75 Å². The van der Waals surface area contributed by atoms with Gasteiger partial charge < -0.3 is 4.74 Å². The number of ether oxygens (including phenoxy) is 1. The molecule has 1 aromatic heterocycles. The zero-order valence-corrected chi connectivity index (χ0v) is 12.6. The van der Waals surface area contributed by atoms with Crippen LogP contribution in [-0.2, 0) is 5.88 Å². The molecule has 1 fully saturated rings. The molecule has 0 radical (unpaired) electrons. The molecule has 0 bridgehead atoms. The lowest BCUT2D eigenvalue weighted by molar-refractivity contribution is 0.206. The first-order valence-electron chi connectivity index (χ1n) is 7.25. The fraction of sp³-hybridized carbons (Fsp3) is 0.733. The van der Waals surface area contributed by atoms with E-state index in [-0.39, 0.29) is 0 Å². The van der Waals surface area contributed by atoms with Crippen molar-refractivity contribution in [1.82, 2.24) is 9.97 Å². The predicted octanol–water partition coefficient (Wildman–Crippen LogP) is 4.30. The summed E-state index contributed by atoms with van der Waals surface area (Å²) in [6, 6.07) is 0. The van der Waals surface area contributed by atoms with Crippen LogP contribution in [0.5, 0.6) is 5.75 Å². The van der Waals surface area contributed by atoms with Crippen LogP contribution >= 0.6 is 11.6 Å². The minimum atomic E-state index is 0.314. The molecule has 0 amide bonds. The van der Waals surface area contributed by atoms with E-state index in [4.69, 9.17) is 16.3 Å². The summed E-state index contributed by atoms with van der Waals surface area (Å²) in [7, 11) is 0. The summed E-state index contributed by atoms with van der Waals surface area (Å²) >= 11 is 5.96. The summed E-state index contributed by atoms with van der Waals surface area (Å²) in [5, 5.41) is 0. The lowest BCUT2D eigenvalue weighted by Gasteiger charge is -2.22. The van der Waals surface area contributed by atoms with E-state index in [0.29, 0.717) is 17.7 Å². The highest BCUT2D eigenvalue weighted by atomic mass is 35.5. The van der Waals surface area contributed by atoms with Gasteiger partial charge in [0.1, 0.15) is 11.5 Å². The van der Waals surface area contributed by atoms with Crippen molar-refractivity contribution in [2.45, 2.75) is 57.7 Å². The molecule has 0 unspecified atom stereocenters. The van der Waals surface area contributed by atoms with Crippen molar-refractivity contribution < 1.29 is 4.74 Å². The second-order valence-corrected chi connectivity index (χ2v) is 5.91. The van der Waals surface area contributed by atoms with E-state index in [1.807, 2.05) is 0 Å². The molecule has 1 aromatic rings. The Kier molecular flexibility index (Phi) is 5.44. The van der Waals surface area contributed by atoms with Crippen LogP contribution in [0.1, 0.15) is 63.4 Å². The molecule has 1 heterocycles. The highest BCUT2D eigenvalue weighted by Crippen LogP contribution is 2.26. The fourth-order valence-electron chi connectivity index (χ4n) is 2.48. The highest BCUT2D eigenvalue weighted by molar-refractivity contribution is 6.17. The van der Waals surface area contributed by atoms with E-state index >= 15 is 0 Å². The van der Waals surface area contributed by atoms with E-state index in [2.05, 4.69) is 23.8 Å². The zero-order chi connectivity index (χ0) is 13.7. The molecule has 1 aliphatic rings. The number of hydrogen-bond acceptors (Lipinski definition) is 3. The van der Waals surface area contributed by atoms with Gasteiger partial charge in [0, 0.05) is 5.92 Å². The maximum atomic E-state index is 5.96. The van der Waals surface area contributed by atoms with Crippen LogP contribution in [-0.4, -0.2) is 16.6 Å². The Hall–Kier alpha value is -0.830. The fourth-order valence-corrected chi connectivity index (χ4v) is 2.67. The number of rotatable bonds is 5. The van der Waals surface area contributed by atoms with Gasteiger partial charge in [-0.1, -0.05) is 33.1 Å². The van der Waals surface area contributed by atoms with Crippen molar-refractivity contribution in [3.8, 4) is 5.75 Å². The van der Waals surface area contributed by atoms with Crippen LogP contribution < -0.4 is 4.74 Å². The lowest BCUT2D eigenvalue weighted by Crippen LogP contribution is -2.16. The van der Waals surface area contributed by atoms with Crippen LogP contribution in [0.15, 0.2) is 6.20 Å². The van der Waals surface area contributed by atoms with Crippen molar-refractivity contribution in [2.75, 3.05) is 6.61 Å². The topological polar surface area (TPSA) is 35.0 Å². The summed E-state index contributed by atoms with van der Waals surface area (Å²) in [4.78, 5) is 8.84. The van der Waals surface area contributed by atoms with Crippen LogP contribution in [0.25, 0.3) is 0 Å². The van der Waals surface area contributed by atoms with Gasteiger partial charge in [-0.2, -0.15) is 0 Å².